The van der Waals surface area contributed by atoms with E-state index in [1.807, 2.05) is 6.07 Å². The van der Waals surface area contributed by atoms with Gasteiger partial charge < -0.3 is 4.90 Å². The van der Waals surface area contributed by atoms with Crippen LogP contribution in [0.15, 0.2) is 18.2 Å². The Balaban J connectivity index is 1.68. The summed E-state index contributed by atoms with van der Waals surface area (Å²) in [6.45, 7) is 3.89. The van der Waals surface area contributed by atoms with Gasteiger partial charge in [0, 0.05) is 24.7 Å². The maximum Gasteiger partial charge on any atom is 0.145 e. The standard InChI is InChI=1S/C17H22FN3/c1-20-8-3-6-14-11-21(9-7-16(14)20)12-15-5-2-4-13(10-19)17(15)18/h2,4-5,14,16H,3,6-9,11-12H2,1H3. The summed E-state index contributed by atoms with van der Waals surface area (Å²) in [7, 11) is 2.22. The normalized spacial score (nSPS) is 27.1. The maximum absolute atomic E-state index is 14.2. The second-order valence-electron chi connectivity index (χ2n) is 6.36. The van der Waals surface area contributed by atoms with Crippen LogP contribution in [0.5, 0.6) is 0 Å². The molecule has 1 aromatic carbocycles. The first-order valence-electron chi connectivity index (χ1n) is 7.79. The summed E-state index contributed by atoms with van der Waals surface area (Å²) >= 11 is 0. The smallest absolute Gasteiger partial charge is 0.145 e. The average Bonchev–Trinajstić information content (AvgIpc) is 2.49. The van der Waals surface area contributed by atoms with Crippen molar-refractivity contribution >= 4 is 0 Å². The third-order valence-electron chi connectivity index (χ3n) is 5.02. The van der Waals surface area contributed by atoms with Crippen molar-refractivity contribution in [1.82, 2.24) is 9.80 Å². The van der Waals surface area contributed by atoms with E-state index in [1.54, 1.807) is 18.2 Å². The number of piperidine rings is 2. The molecule has 0 aliphatic carbocycles. The minimum Gasteiger partial charge on any atom is -0.303 e. The zero-order chi connectivity index (χ0) is 14.8. The first kappa shape index (κ1) is 14.5. The van der Waals surface area contributed by atoms with E-state index in [9.17, 15) is 4.39 Å². The van der Waals surface area contributed by atoms with Gasteiger partial charge in [-0.1, -0.05) is 12.1 Å². The van der Waals surface area contributed by atoms with Crippen molar-refractivity contribution in [2.75, 3.05) is 26.7 Å². The highest BCUT2D eigenvalue weighted by atomic mass is 19.1. The van der Waals surface area contributed by atoms with Crippen LogP contribution in [0.3, 0.4) is 0 Å². The summed E-state index contributed by atoms with van der Waals surface area (Å²) < 4.78 is 14.2. The predicted molar refractivity (Wildman–Crippen MR) is 80.2 cm³/mol. The average molecular weight is 287 g/mol. The lowest BCUT2D eigenvalue weighted by atomic mass is 9.84. The Morgan fingerprint density at radius 3 is 3.00 bits per heavy atom. The largest absolute Gasteiger partial charge is 0.303 e. The molecule has 21 heavy (non-hydrogen) atoms. The molecule has 0 spiro atoms. The number of nitriles is 1. The summed E-state index contributed by atoms with van der Waals surface area (Å²) in [5.41, 5.74) is 0.802. The van der Waals surface area contributed by atoms with E-state index >= 15 is 0 Å². The highest BCUT2D eigenvalue weighted by Gasteiger charge is 2.34. The Hall–Kier alpha value is -1.44. The van der Waals surface area contributed by atoms with Gasteiger partial charge in [-0.3, -0.25) is 4.90 Å². The van der Waals surface area contributed by atoms with E-state index in [0.717, 1.165) is 13.1 Å². The van der Waals surface area contributed by atoms with Gasteiger partial charge >= 0.3 is 0 Å². The fraction of sp³-hybridized carbons (Fsp3) is 0.588. The van der Waals surface area contributed by atoms with E-state index < -0.39 is 0 Å². The van der Waals surface area contributed by atoms with Crippen LogP contribution in [0.1, 0.15) is 30.4 Å². The first-order valence-corrected chi connectivity index (χ1v) is 7.79. The second-order valence-corrected chi connectivity index (χ2v) is 6.36. The monoisotopic (exact) mass is 287 g/mol. The van der Waals surface area contributed by atoms with Crippen LogP contribution in [0.25, 0.3) is 0 Å². The Labute approximate surface area is 126 Å². The third-order valence-corrected chi connectivity index (χ3v) is 5.02. The molecule has 2 unspecified atom stereocenters. The van der Waals surface area contributed by atoms with Gasteiger partial charge in [0.05, 0.1) is 5.56 Å². The molecular formula is C17H22FN3. The second kappa shape index (κ2) is 6.13. The zero-order valence-electron chi connectivity index (χ0n) is 12.6. The van der Waals surface area contributed by atoms with Gasteiger partial charge in [-0.2, -0.15) is 5.26 Å². The van der Waals surface area contributed by atoms with Crippen molar-refractivity contribution < 1.29 is 4.39 Å². The molecule has 0 saturated carbocycles. The number of nitrogens with zero attached hydrogens (tertiary/aromatic N) is 3. The van der Waals surface area contributed by atoms with Gasteiger partial charge in [0.15, 0.2) is 0 Å². The van der Waals surface area contributed by atoms with E-state index in [-0.39, 0.29) is 11.4 Å². The van der Waals surface area contributed by atoms with Crippen LogP contribution in [-0.4, -0.2) is 42.5 Å². The van der Waals surface area contributed by atoms with Gasteiger partial charge in [0.25, 0.3) is 0 Å². The Bertz CT molecular complexity index is 551. The number of hydrogen-bond donors (Lipinski definition) is 0. The molecule has 0 aromatic heterocycles. The van der Waals surface area contributed by atoms with Gasteiger partial charge in [-0.05, 0) is 51.4 Å². The lowest BCUT2D eigenvalue weighted by Crippen LogP contribution is -2.52. The van der Waals surface area contributed by atoms with Crippen LogP contribution in [0, 0.1) is 23.1 Å². The molecule has 2 fully saturated rings. The molecule has 0 bridgehead atoms. The Morgan fingerprint density at radius 2 is 2.19 bits per heavy atom. The molecule has 0 radical (unpaired) electrons. The van der Waals surface area contributed by atoms with Crippen molar-refractivity contribution in [3.05, 3.63) is 35.1 Å². The van der Waals surface area contributed by atoms with Gasteiger partial charge in [0.2, 0.25) is 0 Å². The van der Waals surface area contributed by atoms with Gasteiger partial charge in [0.1, 0.15) is 11.9 Å². The number of likely N-dealkylation sites (tertiary alicyclic amines) is 2. The summed E-state index contributed by atoms with van der Waals surface area (Å²) in [6, 6.07) is 7.74. The first-order chi connectivity index (χ1) is 10.2. The van der Waals surface area contributed by atoms with Crippen LogP contribution in [0.2, 0.25) is 0 Å². The molecule has 0 amide bonds. The van der Waals surface area contributed by atoms with Crippen LogP contribution < -0.4 is 0 Å². The Kier molecular flexibility index (Phi) is 4.23. The molecular weight excluding hydrogens is 265 g/mol. The SMILES string of the molecule is CN1CCCC2CN(Cc3cccc(C#N)c3F)CCC21. The topological polar surface area (TPSA) is 30.3 Å². The minimum absolute atomic E-state index is 0.153. The molecule has 0 N–H and O–H groups in total. The number of fused-ring (bicyclic) bond motifs is 1. The van der Waals surface area contributed by atoms with Crippen LogP contribution >= 0.6 is 0 Å². The zero-order valence-corrected chi connectivity index (χ0v) is 12.6. The number of hydrogen-bond acceptors (Lipinski definition) is 3. The van der Waals surface area contributed by atoms with E-state index in [4.69, 9.17) is 5.26 Å². The lowest BCUT2D eigenvalue weighted by molar-refractivity contribution is 0.0351. The highest BCUT2D eigenvalue weighted by Crippen LogP contribution is 2.30. The third kappa shape index (κ3) is 2.95. The molecule has 2 saturated heterocycles. The predicted octanol–water partition coefficient (Wildman–Crippen LogP) is 2.61. The minimum atomic E-state index is -0.345. The van der Waals surface area contributed by atoms with Crippen molar-refractivity contribution in [3.8, 4) is 6.07 Å². The molecule has 2 heterocycles. The summed E-state index contributed by atoms with van der Waals surface area (Å²) in [4.78, 5) is 4.84. The summed E-state index contributed by atoms with van der Waals surface area (Å²) in [5, 5.41) is 8.92. The van der Waals surface area contributed by atoms with E-state index in [0.29, 0.717) is 24.1 Å². The summed E-state index contributed by atoms with van der Waals surface area (Å²) in [5.74, 6) is 0.364. The molecule has 3 rings (SSSR count). The molecule has 2 atom stereocenters. The van der Waals surface area contributed by atoms with Crippen molar-refractivity contribution in [1.29, 1.82) is 5.26 Å². The van der Waals surface area contributed by atoms with Crippen LogP contribution in [-0.2, 0) is 6.54 Å². The van der Waals surface area contributed by atoms with Crippen LogP contribution in [0.4, 0.5) is 4.39 Å². The summed E-state index contributed by atoms with van der Waals surface area (Å²) in [6.07, 6.45) is 3.72. The van der Waals surface area contributed by atoms with Crippen molar-refractivity contribution in [2.45, 2.75) is 31.8 Å². The molecule has 2 aliphatic heterocycles. The van der Waals surface area contributed by atoms with E-state index in [2.05, 4.69) is 16.8 Å². The quantitative estimate of drug-likeness (QED) is 0.837. The lowest BCUT2D eigenvalue weighted by Gasteiger charge is -2.46. The molecule has 3 nitrogen and oxygen atoms in total. The van der Waals surface area contributed by atoms with Crippen molar-refractivity contribution in [3.63, 3.8) is 0 Å². The number of halogens is 1. The molecule has 112 valence electrons. The van der Waals surface area contributed by atoms with Gasteiger partial charge in [-0.25, -0.2) is 4.39 Å². The molecule has 1 aromatic rings. The van der Waals surface area contributed by atoms with Crippen molar-refractivity contribution in [2.24, 2.45) is 5.92 Å². The van der Waals surface area contributed by atoms with Gasteiger partial charge in [-0.15, -0.1) is 0 Å². The fourth-order valence-corrected chi connectivity index (χ4v) is 3.90. The fourth-order valence-electron chi connectivity index (χ4n) is 3.90. The number of benzene rings is 1. The molecule has 2 aliphatic rings. The molecule has 4 heteroatoms. The Morgan fingerprint density at radius 1 is 1.33 bits per heavy atom. The highest BCUT2D eigenvalue weighted by molar-refractivity contribution is 5.34. The maximum atomic E-state index is 14.2. The number of rotatable bonds is 2. The van der Waals surface area contributed by atoms with E-state index in [1.165, 1.54) is 25.8 Å².